The van der Waals surface area contributed by atoms with Crippen LogP contribution in [0.3, 0.4) is 0 Å². The first-order chi connectivity index (χ1) is 19.5. The zero-order chi connectivity index (χ0) is 30.6. The molecule has 1 aliphatic carbocycles. The largest absolute Gasteiger partial charge is 0.545 e. The van der Waals surface area contributed by atoms with E-state index in [2.05, 4.69) is 46.9 Å². The first-order valence-electron chi connectivity index (χ1n) is 16.5. The molecule has 0 saturated carbocycles. The van der Waals surface area contributed by atoms with Crippen LogP contribution >= 0.6 is 0 Å². The van der Waals surface area contributed by atoms with E-state index in [9.17, 15) is 9.90 Å². The third-order valence-corrected chi connectivity index (χ3v) is 8.72. The highest BCUT2D eigenvalue weighted by Gasteiger charge is 2.26. The van der Waals surface area contributed by atoms with Crippen LogP contribution in [0, 0.1) is 5.41 Å². The van der Waals surface area contributed by atoms with Crippen LogP contribution in [0.5, 0.6) is 0 Å². The third kappa shape index (κ3) is 17.6. The molecule has 2 aliphatic rings. The number of unbranched alkanes of at least 4 members (excludes halogenated alkanes) is 9. The van der Waals surface area contributed by atoms with E-state index >= 15 is 0 Å². The van der Waals surface area contributed by atoms with Gasteiger partial charge in [-0.05, 0) is 75.5 Å². The van der Waals surface area contributed by atoms with Crippen molar-refractivity contribution in [3.05, 3.63) is 58.7 Å². The fraction of sp³-hybridized carbons (Fsp3) is 0.703. The summed E-state index contributed by atoms with van der Waals surface area (Å²) in [7, 11) is 2.40. The minimum absolute atomic E-state index is 0.253. The van der Waals surface area contributed by atoms with Gasteiger partial charge < -0.3 is 19.1 Å². The molecule has 4 nitrogen and oxygen atoms in total. The smallest absolute Gasteiger partial charge is 0.102 e. The summed E-state index contributed by atoms with van der Waals surface area (Å²) >= 11 is 0. The van der Waals surface area contributed by atoms with Crippen molar-refractivity contribution in [3.63, 3.8) is 0 Å². The Hall–Kier alpha value is -1.91. The monoisotopic (exact) mass is 569 g/mol. The molecule has 0 bridgehead atoms. The molecule has 0 N–H and O–H groups in total. The van der Waals surface area contributed by atoms with Gasteiger partial charge in [0.15, 0.2) is 0 Å². The number of rotatable bonds is 16. The van der Waals surface area contributed by atoms with Crippen molar-refractivity contribution < 1.29 is 19.1 Å². The van der Waals surface area contributed by atoms with Crippen LogP contribution in [-0.4, -0.2) is 50.3 Å². The molecule has 2 rings (SSSR count). The number of ether oxygens (including phenoxy) is 1. The van der Waals surface area contributed by atoms with Crippen molar-refractivity contribution in [1.29, 1.82) is 0 Å². The summed E-state index contributed by atoms with van der Waals surface area (Å²) in [5.41, 5.74) is 4.99. The minimum Gasteiger partial charge on any atom is -0.545 e. The maximum atomic E-state index is 10.4. The number of carbonyl (C=O) groups is 1. The summed E-state index contributed by atoms with van der Waals surface area (Å²) in [6.45, 7) is 18.7. The summed E-state index contributed by atoms with van der Waals surface area (Å²) in [5.74, 6) is -1.16. The molecule has 0 spiro atoms. The number of carboxylic acid groups (broad SMARTS) is 1. The quantitative estimate of drug-likeness (QED) is 0.0809. The SMILES string of the molecule is CC1=C(/C=C/C(C)=C/C=C/C(C)=C/C(=O)[O-])C(C)(C)CCC1.CCCCCCCCCCCC[N+]1(C)CCOCC1. The fourth-order valence-electron chi connectivity index (χ4n) is 5.85. The van der Waals surface area contributed by atoms with Gasteiger partial charge in [-0.25, -0.2) is 0 Å². The number of allylic oxidation sites excluding steroid dienone is 9. The molecule has 234 valence electrons. The van der Waals surface area contributed by atoms with Crippen LogP contribution in [0.15, 0.2) is 58.7 Å². The van der Waals surface area contributed by atoms with Gasteiger partial charge in [-0.2, -0.15) is 0 Å². The molecule has 41 heavy (non-hydrogen) atoms. The van der Waals surface area contributed by atoms with Crippen molar-refractivity contribution in [1.82, 2.24) is 0 Å². The Balaban J connectivity index is 0.000000414. The van der Waals surface area contributed by atoms with Gasteiger partial charge in [0.25, 0.3) is 0 Å². The van der Waals surface area contributed by atoms with Crippen LogP contribution in [0.4, 0.5) is 0 Å². The number of nitrogens with zero attached hydrogens (tertiary/aromatic N) is 1. The highest BCUT2D eigenvalue weighted by Crippen LogP contribution is 2.40. The molecule has 1 aliphatic heterocycles. The zero-order valence-corrected chi connectivity index (χ0v) is 27.9. The van der Waals surface area contributed by atoms with Crippen LogP contribution in [-0.2, 0) is 9.53 Å². The minimum atomic E-state index is -1.16. The topological polar surface area (TPSA) is 49.4 Å². The molecule has 4 heteroatoms. The molecule has 1 saturated heterocycles. The van der Waals surface area contributed by atoms with E-state index in [0.29, 0.717) is 5.57 Å². The standard InChI is InChI=1S/C20H28O2.C17H36NO/c1-15(8-6-9-16(2)14-19(21)22)11-12-18-17(3)10-7-13-20(18,4)5;1-3-4-5-6-7-8-9-10-11-12-13-18(2)14-16-19-17-15-18/h6,8-9,11-12,14H,7,10,13H2,1-5H3,(H,21,22);3-17H2,1-2H3/q;+1/p-1/b9-6+,12-11+,15-8+,16-14+;. The van der Waals surface area contributed by atoms with Crippen molar-refractivity contribution in [2.24, 2.45) is 5.41 Å². The second-order valence-corrected chi connectivity index (χ2v) is 13.3. The van der Waals surface area contributed by atoms with Gasteiger partial charge in [0.2, 0.25) is 0 Å². The predicted molar refractivity (Wildman–Crippen MR) is 175 cm³/mol. The molecule has 1 fully saturated rings. The van der Waals surface area contributed by atoms with Crippen molar-refractivity contribution in [3.8, 4) is 0 Å². The number of likely N-dealkylation sites (N-methyl/N-ethyl adjacent to an activating group) is 1. The highest BCUT2D eigenvalue weighted by atomic mass is 16.5. The Kier molecular flexibility index (Phi) is 18.9. The molecule has 0 aromatic heterocycles. The lowest BCUT2D eigenvalue weighted by molar-refractivity contribution is -0.917. The average molecular weight is 570 g/mol. The summed E-state index contributed by atoms with van der Waals surface area (Å²) in [5, 5.41) is 10.4. The van der Waals surface area contributed by atoms with E-state index in [0.717, 1.165) is 24.9 Å². The normalized spacial score (nSPS) is 19.5. The number of hydrogen-bond acceptors (Lipinski definition) is 3. The number of carboxylic acids is 1. The van der Waals surface area contributed by atoms with Crippen LogP contribution in [0.1, 0.15) is 125 Å². The van der Waals surface area contributed by atoms with Gasteiger partial charge in [-0.3, -0.25) is 0 Å². The fourth-order valence-corrected chi connectivity index (χ4v) is 5.85. The molecule has 0 aromatic rings. The molecular formula is C37H63NO3. The van der Waals surface area contributed by atoms with Gasteiger partial charge in [-0.1, -0.05) is 114 Å². The Morgan fingerprint density at radius 1 is 0.927 bits per heavy atom. The van der Waals surface area contributed by atoms with Gasteiger partial charge in [-0.15, -0.1) is 0 Å². The average Bonchev–Trinajstić information content (AvgIpc) is 2.89. The summed E-state index contributed by atoms with van der Waals surface area (Å²) < 4.78 is 6.70. The number of hydrogen-bond donors (Lipinski definition) is 0. The van der Waals surface area contributed by atoms with Crippen LogP contribution in [0.25, 0.3) is 0 Å². The lowest BCUT2D eigenvalue weighted by atomic mass is 9.72. The van der Waals surface area contributed by atoms with Gasteiger partial charge in [0, 0.05) is 0 Å². The number of morpholine rings is 1. The lowest BCUT2D eigenvalue weighted by Gasteiger charge is -2.37. The van der Waals surface area contributed by atoms with Crippen molar-refractivity contribution >= 4 is 5.97 Å². The summed E-state index contributed by atoms with van der Waals surface area (Å²) in [6, 6.07) is 0. The first-order valence-corrected chi connectivity index (χ1v) is 16.5. The molecule has 0 radical (unpaired) electrons. The molecule has 1 heterocycles. The van der Waals surface area contributed by atoms with E-state index in [4.69, 9.17) is 4.74 Å². The molecule has 0 unspecified atom stereocenters. The number of carbonyl (C=O) groups excluding carboxylic acids is 1. The summed E-state index contributed by atoms with van der Waals surface area (Å²) in [6.07, 6.45) is 29.2. The summed E-state index contributed by atoms with van der Waals surface area (Å²) in [4.78, 5) is 10.4. The van der Waals surface area contributed by atoms with Crippen molar-refractivity contribution in [2.75, 3.05) is 39.9 Å². The second kappa shape index (κ2) is 20.9. The Labute approximate surface area is 253 Å². The Bertz CT molecular complexity index is 897. The maximum Gasteiger partial charge on any atom is 0.102 e. The Morgan fingerprint density at radius 2 is 1.51 bits per heavy atom. The van der Waals surface area contributed by atoms with Crippen molar-refractivity contribution in [2.45, 2.75) is 125 Å². The highest BCUT2D eigenvalue weighted by molar-refractivity contribution is 5.79. The van der Waals surface area contributed by atoms with E-state index in [1.165, 1.54) is 119 Å². The van der Waals surface area contributed by atoms with Gasteiger partial charge >= 0.3 is 0 Å². The number of aliphatic carboxylic acids is 1. The maximum absolute atomic E-state index is 10.4. The van der Waals surface area contributed by atoms with Crippen LogP contribution in [0.2, 0.25) is 0 Å². The first kappa shape index (κ1) is 37.1. The van der Waals surface area contributed by atoms with Crippen LogP contribution < -0.4 is 5.11 Å². The zero-order valence-electron chi connectivity index (χ0n) is 27.9. The lowest BCUT2D eigenvalue weighted by Crippen LogP contribution is -2.52. The van der Waals surface area contributed by atoms with E-state index in [1.54, 1.807) is 13.0 Å². The molecule has 0 aromatic carbocycles. The predicted octanol–water partition coefficient (Wildman–Crippen LogP) is 8.65. The molecule has 0 atom stereocenters. The van der Waals surface area contributed by atoms with E-state index in [-0.39, 0.29) is 5.41 Å². The van der Waals surface area contributed by atoms with Gasteiger partial charge in [0.1, 0.15) is 13.1 Å². The molecular weight excluding hydrogens is 506 g/mol. The van der Waals surface area contributed by atoms with E-state index in [1.807, 2.05) is 19.1 Å². The molecule has 0 amide bonds. The Morgan fingerprint density at radius 3 is 2.07 bits per heavy atom. The van der Waals surface area contributed by atoms with Gasteiger partial charge in [0.05, 0.1) is 32.8 Å². The second-order valence-electron chi connectivity index (χ2n) is 13.3. The number of quaternary nitrogens is 1. The van der Waals surface area contributed by atoms with E-state index < -0.39 is 5.97 Å². The third-order valence-electron chi connectivity index (χ3n) is 8.72.